The van der Waals surface area contributed by atoms with Gasteiger partial charge in [-0.05, 0) is 34.5 Å². The monoisotopic (exact) mass is 241 g/mol. The summed E-state index contributed by atoms with van der Waals surface area (Å²) in [5.41, 5.74) is 1.11. The van der Waals surface area contributed by atoms with Crippen molar-refractivity contribution in [1.82, 2.24) is 4.98 Å². The molecular formula is C6H6BrCl2N. The lowest BCUT2D eigenvalue weighted by Gasteiger charge is -1.94. The van der Waals surface area contributed by atoms with Gasteiger partial charge in [-0.2, -0.15) is 0 Å². The fourth-order valence-electron chi connectivity index (χ4n) is 0.505. The first-order valence-corrected chi connectivity index (χ1v) is 3.65. The van der Waals surface area contributed by atoms with Gasteiger partial charge in [0.15, 0.2) is 0 Å². The first kappa shape index (κ1) is 10.2. The van der Waals surface area contributed by atoms with Gasteiger partial charge in [-0.25, -0.2) is 4.98 Å². The predicted octanol–water partition coefficient (Wildman–Crippen LogP) is 3.23. The van der Waals surface area contributed by atoms with E-state index in [0.717, 1.165) is 10.0 Å². The zero-order valence-corrected chi connectivity index (χ0v) is 8.42. The summed E-state index contributed by atoms with van der Waals surface area (Å²) in [4.78, 5) is 3.86. The zero-order chi connectivity index (χ0) is 6.85. The molecule has 0 N–H and O–H groups in total. The standard InChI is InChI=1S/C6H5BrClN.ClH/c1-4-2-6(8)9-3-5(4)7;/h2-3H,1H3;1H. The first-order valence-electron chi connectivity index (χ1n) is 2.48. The third-order valence-electron chi connectivity index (χ3n) is 1.01. The van der Waals surface area contributed by atoms with E-state index in [2.05, 4.69) is 20.9 Å². The lowest BCUT2D eigenvalue weighted by atomic mass is 10.3. The van der Waals surface area contributed by atoms with Crippen LogP contribution in [0.5, 0.6) is 0 Å². The van der Waals surface area contributed by atoms with E-state index in [0.29, 0.717) is 5.15 Å². The van der Waals surface area contributed by atoms with Crippen LogP contribution in [0.3, 0.4) is 0 Å². The van der Waals surface area contributed by atoms with E-state index in [4.69, 9.17) is 11.6 Å². The van der Waals surface area contributed by atoms with Gasteiger partial charge in [0.1, 0.15) is 5.15 Å². The number of pyridine rings is 1. The molecule has 4 heteroatoms. The third kappa shape index (κ3) is 2.45. The largest absolute Gasteiger partial charge is 0.243 e. The van der Waals surface area contributed by atoms with Crippen LogP contribution in [0.25, 0.3) is 0 Å². The summed E-state index contributed by atoms with van der Waals surface area (Å²) in [6.45, 7) is 1.97. The molecule has 0 aromatic carbocycles. The Bertz CT molecular complexity index is 227. The van der Waals surface area contributed by atoms with E-state index in [1.807, 2.05) is 13.0 Å². The average molecular weight is 243 g/mol. The quantitative estimate of drug-likeness (QED) is 0.637. The molecule has 0 saturated carbocycles. The van der Waals surface area contributed by atoms with Crippen LogP contribution < -0.4 is 0 Å². The molecule has 56 valence electrons. The molecule has 1 rings (SSSR count). The minimum absolute atomic E-state index is 0. The van der Waals surface area contributed by atoms with E-state index in [1.54, 1.807) is 6.20 Å². The molecule has 1 heterocycles. The second-order valence-corrected chi connectivity index (χ2v) is 3.00. The van der Waals surface area contributed by atoms with Gasteiger partial charge in [0, 0.05) is 10.7 Å². The van der Waals surface area contributed by atoms with Crippen LogP contribution in [0.2, 0.25) is 5.15 Å². The van der Waals surface area contributed by atoms with Crippen molar-refractivity contribution in [2.24, 2.45) is 0 Å². The van der Waals surface area contributed by atoms with Gasteiger partial charge in [0.05, 0.1) is 0 Å². The lowest BCUT2D eigenvalue weighted by Crippen LogP contribution is -1.78. The number of aromatic nitrogens is 1. The lowest BCUT2D eigenvalue weighted by molar-refractivity contribution is 1.26. The molecule has 0 fully saturated rings. The van der Waals surface area contributed by atoms with Crippen molar-refractivity contribution >= 4 is 39.9 Å². The summed E-state index contributed by atoms with van der Waals surface area (Å²) >= 11 is 8.89. The Kier molecular flexibility index (Phi) is 4.25. The summed E-state index contributed by atoms with van der Waals surface area (Å²) < 4.78 is 0.993. The van der Waals surface area contributed by atoms with Crippen molar-refractivity contribution < 1.29 is 0 Å². The molecule has 0 aliphatic rings. The third-order valence-corrected chi connectivity index (χ3v) is 2.05. The van der Waals surface area contributed by atoms with Crippen molar-refractivity contribution in [1.29, 1.82) is 0 Å². The number of hydrogen-bond donors (Lipinski definition) is 0. The van der Waals surface area contributed by atoms with E-state index in [9.17, 15) is 0 Å². The zero-order valence-electron chi connectivity index (χ0n) is 5.27. The highest BCUT2D eigenvalue weighted by Gasteiger charge is 1.93. The summed E-state index contributed by atoms with van der Waals surface area (Å²) in [6, 6.07) is 1.81. The Morgan fingerprint density at radius 2 is 2.20 bits per heavy atom. The molecular weight excluding hydrogens is 237 g/mol. The summed E-state index contributed by atoms with van der Waals surface area (Å²) in [5.74, 6) is 0. The maximum absolute atomic E-state index is 5.58. The molecule has 10 heavy (non-hydrogen) atoms. The number of rotatable bonds is 0. The van der Waals surface area contributed by atoms with Crippen LogP contribution in [0.1, 0.15) is 5.56 Å². The molecule has 0 saturated heterocycles. The minimum atomic E-state index is 0. The van der Waals surface area contributed by atoms with Crippen molar-refractivity contribution in [3.05, 3.63) is 27.5 Å². The normalized spacial score (nSPS) is 8.70. The molecule has 0 atom stereocenters. The SMILES string of the molecule is Cc1cc(Cl)ncc1Br.Cl. The van der Waals surface area contributed by atoms with Crippen LogP contribution in [0, 0.1) is 6.92 Å². The van der Waals surface area contributed by atoms with Gasteiger partial charge in [-0.15, -0.1) is 12.4 Å². The Morgan fingerprint density at radius 1 is 1.60 bits per heavy atom. The highest BCUT2D eigenvalue weighted by atomic mass is 79.9. The molecule has 0 amide bonds. The minimum Gasteiger partial charge on any atom is -0.243 e. The number of nitrogens with zero attached hydrogens (tertiary/aromatic N) is 1. The van der Waals surface area contributed by atoms with Crippen molar-refractivity contribution in [3.8, 4) is 0 Å². The molecule has 0 spiro atoms. The van der Waals surface area contributed by atoms with E-state index in [1.165, 1.54) is 0 Å². The highest BCUT2D eigenvalue weighted by molar-refractivity contribution is 9.10. The van der Waals surface area contributed by atoms with E-state index in [-0.39, 0.29) is 12.4 Å². The molecule has 0 bridgehead atoms. The Balaban J connectivity index is 0.000000810. The number of hydrogen-bond acceptors (Lipinski definition) is 1. The van der Waals surface area contributed by atoms with Crippen LogP contribution in [-0.2, 0) is 0 Å². The fourth-order valence-corrected chi connectivity index (χ4v) is 0.934. The first-order chi connectivity index (χ1) is 4.20. The van der Waals surface area contributed by atoms with Gasteiger partial charge < -0.3 is 0 Å². The number of halogens is 3. The maximum Gasteiger partial charge on any atom is 0.129 e. The van der Waals surface area contributed by atoms with Gasteiger partial charge in [-0.1, -0.05) is 11.6 Å². The van der Waals surface area contributed by atoms with Gasteiger partial charge in [0.2, 0.25) is 0 Å². The summed E-state index contributed by atoms with van der Waals surface area (Å²) in [6.07, 6.45) is 1.69. The average Bonchev–Trinajstić information content (AvgIpc) is 1.80. The topological polar surface area (TPSA) is 12.9 Å². The summed E-state index contributed by atoms with van der Waals surface area (Å²) in [7, 11) is 0. The predicted molar refractivity (Wildman–Crippen MR) is 48.9 cm³/mol. The molecule has 0 aliphatic heterocycles. The molecule has 1 aromatic heterocycles. The van der Waals surface area contributed by atoms with Crippen molar-refractivity contribution in [2.75, 3.05) is 0 Å². The fraction of sp³-hybridized carbons (Fsp3) is 0.167. The molecule has 1 nitrogen and oxygen atoms in total. The smallest absolute Gasteiger partial charge is 0.129 e. The number of aryl methyl sites for hydroxylation is 1. The van der Waals surface area contributed by atoms with Crippen molar-refractivity contribution in [3.63, 3.8) is 0 Å². The van der Waals surface area contributed by atoms with Crippen molar-refractivity contribution in [2.45, 2.75) is 6.92 Å². The van der Waals surface area contributed by atoms with E-state index >= 15 is 0 Å². The van der Waals surface area contributed by atoms with Crippen LogP contribution in [0.4, 0.5) is 0 Å². The van der Waals surface area contributed by atoms with Crippen LogP contribution in [-0.4, -0.2) is 4.98 Å². The Morgan fingerprint density at radius 3 is 2.60 bits per heavy atom. The molecule has 0 unspecified atom stereocenters. The Labute approximate surface area is 79.3 Å². The molecule has 0 radical (unpaired) electrons. The molecule has 1 aromatic rings. The Hall–Kier alpha value is 0.210. The van der Waals surface area contributed by atoms with E-state index < -0.39 is 0 Å². The van der Waals surface area contributed by atoms with Crippen LogP contribution in [0.15, 0.2) is 16.7 Å². The second kappa shape index (κ2) is 4.16. The summed E-state index contributed by atoms with van der Waals surface area (Å²) in [5, 5.41) is 0.538. The molecule has 0 aliphatic carbocycles. The van der Waals surface area contributed by atoms with Gasteiger partial charge in [-0.3, -0.25) is 0 Å². The van der Waals surface area contributed by atoms with Gasteiger partial charge in [0.25, 0.3) is 0 Å². The van der Waals surface area contributed by atoms with Gasteiger partial charge >= 0.3 is 0 Å². The second-order valence-electron chi connectivity index (χ2n) is 1.76. The highest BCUT2D eigenvalue weighted by Crippen LogP contribution is 2.16. The van der Waals surface area contributed by atoms with Crippen LogP contribution >= 0.6 is 39.9 Å². The maximum atomic E-state index is 5.58.